The van der Waals surface area contributed by atoms with Gasteiger partial charge in [-0.05, 0) is 18.8 Å². The molecule has 2 fully saturated rings. The molecule has 1 N–H and O–H groups in total. The fourth-order valence-corrected chi connectivity index (χ4v) is 4.04. The van der Waals surface area contributed by atoms with Crippen molar-refractivity contribution in [1.29, 1.82) is 0 Å². The second-order valence-electron chi connectivity index (χ2n) is 6.01. The first kappa shape index (κ1) is 13.5. The van der Waals surface area contributed by atoms with E-state index in [0.717, 1.165) is 25.7 Å². The summed E-state index contributed by atoms with van der Waals surface area (Å²) in [5, 5.41) is 2.49. The number of piperidine rings is 1. The van der Waals surface area contributed by atoms with Crippen LogP contribution in [0.5, 0.6) is 0 Å². The first-order valence-electron chi connectivity index (χ1n) is 6.88. The van der Waals surface area contributed by atoms with Crippen LogP contribution in [-0.4, -0.2) is 25.0 Å². The molecule has 1 saturated carbocycles. The van der Waals surface area contributed by atoms with Gasteiger partial charge in [0.15, 0.2) is 0 Å². The highest BCUT2D eigenvalue weighted by Crippen LogP contribution is 2.50. The van der Waals surface area contributed by atoms with Crippen LogP contribution in [0.2, 0.25) is 0 Å². The zero-order chi connectivity index (χ0) is 13.3. The summed E-state index contributed by atoms with van der Waals surface area (Å²) in [6.07, 6.45) is 4.56. The Bertz CT molecular complexity index is 353. The van der Waals surface area contributed by atoms with E-state index in [1.165, 1.54) is 0 Å². The maximum Gasteiger partial charge on any atom is 0.230 e. The van der Waals surface area contributed by atoms with Gasteiger partial charge in [-0.3, -0.25) is 14.9 Å². The number of carbonyl (C=O) groups excluding carboxylic acids is 2. The van der Waals surface area contributed by atoms with E-state index < -0.39 is 0 Å². The number of amides is 2. The van der Waals surface area contributed by atoms with Crippen molar-refractivity contribution in [2.45, 2.75) is 52.1 Å². The molecule has 1 saturated heterocycles. The Kier molecular flexibility index (Phi) is 3.76. The highest BCUT2D eigenvalue weighted by atomic mass is 16.5. The van der Waals surface area contributed by atoms with Gasteiger partial charge in [-0.1, -0.05) is 26.7 Å². The van der Waals surface area contributed by atoms with Crippen LogP contribution >= 0.6 is 0 Å². The molecule has 0 aromatic carbocycles. The molecule has 1 heterocycles. The third-order valence-electron chi connectivity index (χ3n) is 4.61. The normalized spacial score (nSPS) is 37.1. The van der Waals surface area contributed by atoms with E-state index >= 15 is 0 Å². The maximum absolute atomic E-state index is 12.2. The zero-order valence-electron chi connectivity index (χ0n) is 11.5. The van der Waals surface area contributed by atoms with Crippen LogP contribution in [0.15, 0.2) is 0 Å². The lowest BCUT2D eigenvalue weighted by Crippen LogP contribution is -2.59. The second kappa shape index (κ2) is 5.00. The van der Waals surface area contributed by atoms with E-state index in [1.807, 2.05) is 0 Å². The summed E-state index contributed by atoms with van der Waals surface area (Å²) in [4.78, 5) is 24.0. The molecule has 102 valence electrons. The van der Waals surface area contributed by atoms with Gasteiger partial charge in [-0.2, -0.15) is 0 Å². The quantitative estimate of drug-likeness (QED) is 0.764. The molecule has 1 spiro atoms. The predicted octanol–water partition coefficient (Wildman–Crippen LogP) is 1.88. The van der Waals surface area contributed by atoms with Crippen molar-refractivity contribution < 1.29 is 14.3 Å². The van der Waals surface area contributed by atoms with Crippen LogP contribution in [0.3, 0.4) is 0 Å². The molecule has 18 heavy (non-hydrogen) atoms. The Labute approximate surface area is 108 Å². The number of hydrogen-bond acceptors (Lipinski definition) is 3. The number of rotatable bonds is 2. The SMILES string of the molecule is COC1CCCCC12CC(=O)NC(=O)C2C(C)C. The summed E-state index contributed by atoms with van der Waals surface area (Å²) < 4.78 is 5.63. The fourth-order valence-electron chi connectivity index (χ4n) is 4.04. The average molecular weight is 253 g/mol. The standard InChI is InChI=1S/C14H23NO3/c1-9(2)12-13(17)15-11(16)8-14(12)7-5-4-6-10(14)18-3/h9-10,12H,4-8H2,1-3H3,(H,15,16,17). The van der Waals surface area contributed by atoms with Gasteiger partial charge in [0, 0.05) is 24.9 Å². The minimum Gasteiger partial charge on any atom is -0.381 e. The summed E-state index contributed by atoms with van der Waals surface area (Å²) in [6, 6.07) is 0. The van der Waals surface area contributed by atoms with Crippen LogP contribution in [0.25, 0.3) is 0 Å². The Hall–Kier alpha value is -0.900. The molecular formula is C14H23NO3. The molecule has 4 nitrogen and oxygen atoms in total. The number of carbonyl (C=O) groups is 2. The summed E-state index contributed by atoms with van der Waals surface area (Å²) >= 11 is 0. The number of hydrogen-bond donors (Lipinski definition) is 1. The molecule has 1 aliphatic carbocycles. The van der Waals surface area contributed by atoms with E-state index in [9.17, 15) is 9.59 Å². The lowest BCUT2D eigenvalue weighted by atomic mass is 9.57. The van der Waals surface area contributed by atoms with Crippen molar-refractivity contribution in [3.8, 4) is 0 Å². The van der Waals surface area contributed by atoms with E-state index in [-0.39, 0.29) is 35.2 Å². The van der Waals surface area contributed by atoms with Gasteiger partial charge < -0.3 is 4.74 Å². The third-order valence-corrected chi connectivity index (χ3v) is 4.61. The Morgan fingerprint density at radius 3 is 2.67 bits per heavy atom. The Morgan fingerprint density at radius 1 is 1.33 bits per heavy atom. The molecule has 0 aromatic heterocycles. The Balaban J connectivity index is 2.39. The zero-order valence-corrected chi connectivity index (χ0v) is 11.5. The lowest BCUT2D eigenvalue weighted by molar-refractivity contribution is -0.160. The van der Waals surface area contributed by atoms with Crippen molar-refractivity contribution >= 4 is 11.8 Å². The number of imide groups is 1. The van der Waals surface area contributed by atoms with Gasteiger partial charge in [-0.25, -0.2) is 0 Å². The first-order valence-corrected chi connectivity index (χ1v) is 6.88. The predicted molar refractivity (Wildman–Crippen MR) is 67.8 cm³/mol. The smallest absolute Gasteiger partial charge is 0.230 e. The molecule has 4 heteroatoms. The van der Waals surface area contributed by atoms with Gasteiger partial charge in [0.1, 0.15) is 0 Å². The number of ether oxygens (including phenoxy) is 1. The molecule has 0 aromatic rings. The van der Waals surface area contributed by atoms with E-state index in [0.29, 0.717) is 6.42 Å². The largest absolute Gasteiger partial charge is 0.381 e. The van der Waals surface area contributed by atoms with Gasteiger partial charge in [0.05, 0.1) is 6.10 Å². The number of methoxy groups -OCH3 is 1. The minimum absolute atomic E-state index is 0.0358. The molecule has 2 amide bonds. The molecule has 3 atom stereocenters. The molecule has 1 aliphatic heterocycles. The van der Waals surface area contributed by atoms with Gasteiger partial charge in [0.25, 0.3) is 0 Å². The summed E-state index contributed by atoms with van der Waals surface area (Å²) in [7, 11) is 1.70. The van der Waals surface area contributed by atoms with Crippen molar-refractivity contribution in [3.05, 3.63) is 0 Å². The van der Waals surface area contributed by atoms with Gasteiger partial charge >= 0.3 is 0 Å². The monoisotopic (exact) mass is 253 g/mol. The topological polar surface area (TPSA) is 55.4 Å². The Morgan fingerprint density at radius 2 is 2.06 bits per heavy atom. The van der Waals surface area contributed by atoms with Gasteiger partial charge in [-0.15, -0.1) is 0 Å². The van der Waals surface area contributed by atoms with Crippen molar-refractivity contribution in [3.63, 3.8) is 0 Å². The van der Waals surface area contributed by atoms with Gasteiger partial charge in [0.2, 0.25) is 11.8 Å². The van der Waals surface area contributed by atoms with E-state index in [2.05, 4.69) is 19.2 Å². The van der Waals surface area contributed by atoms with Crippen LogP contribution < -0.4 is 5.32 Å². The molecular weight excluding hydrogens is 230 g/mol. The maximum atomic E-state index is 12.2. The van der Waals surface area contributed by atoms with E-state index in [1.54, 1.807) is 7.11 Å². The summed E-state index contributed by atoms with van der Waals surface area (Å²) in [5.41, 5.74) is -0.277. The summed E-state index contributed by atoms with van der Waals surface area (Å²) in [5.74, 6) is -0.125. The highest BCUT2D eigenvalue weighted by Gasteiger charge is 2.54. The van der Waals surface area contributed by atoms with Crippen LogP contribution in [-0.2, 0) is 14.3 Å². The van der Waals surface area contributed by atoms with Crippen molar-refractivity contribution in [2.75, 3.05) is 7.11 Å². The van der Waals surface area contributed by atoms with Crippen LogP contribution in [0.4, 0.5) is 0 Å². The van der Waals surface area contributed by atoms with Crippen LogP contribution in [0.1, 0.15) is 46.0 Å². The van der Waals surface area contributed by atoms with Crippen molar-refractivity contribution in [1.82, 2.24) is 5.32 Å². The first-order chi connectivity index (χ1) is 8.51. The summed E-state index contributed by atoms with van der Waals surface area (Å²) in [6.45, 7) is 4.12. The van der Waals surface area contributed by atoms with Crippen molar-refractivity contribution in [2.24, 2.45) is 17.3 Å². The molecule has 2 aliphatic rings. The minimum atomic E-state index is -0.277. The van der Waals surface area contributed by atoms with Crippen LogP contribution in [0, 0.1) is 17.3 Å². The molecule has 3 unspecified atom stereocenters. The molecule has 0 radical (unpaired) electrons. The highest BCUT2D eigenvalue weighted by molar-refractivity contribution is 6.00. The average Bonchev–Trinajstić information content (AvgIpc) is 2.27. The number of nitrogens with one attached hydrogen (secondary N) is 1. The van der Waals surface area contributed by atoms with E-state index in [4.69, 9.17) is 4.74 Å². The third kappa shape index (κ3) is 2.07. The second-order valence-corrected chi connectivity index (χ2v) is 6.01. The fraction of sp³-hybridized carbons (Fsp3) is 0.857. The molecule has 2 rings (SSSR count). The lowest BCUT2D eigenvalue weighted by Gasteiger charge is -2.50. The molecule has 0 bridgehead atoms.